The SMILES string of the molecule is NCc1ccc(S(=O)(=O)NCCC2CCC2)s1. The molecule has 0 saturated heterocycles. The second-order valence-corrected chi connectivity index (χ2v) is 7.57. The molecule has 1 aromatic rings. The second kappa shape index (κ2) is 5.48. The van der Waals surface area contributed by atoms with Gasteiger partial charge in [0.25, 0.3) is 0 Å². The minimum Gasteiger partial charge on any atom is -0.326 e. The minimum atomic E-state index is -3.32. The normalized spacial score (nSPS) is 17.0. The Hall–Kier alpha value is -0.430. The zero-order valence-electron chi connectivity index (χ0n) is 9.69. The van der Waals surface area contributed by atoms with Crippen LogP contribution in [-0.4, -0.2) is 15.0 Å². The van der Waals surface area contributed by atoms with Gasteiger partial charge in [-0.2, -0.15) is 0 Å². The average Bonchev–Trinajstić information content (AvgIpc) is 2.71. The lowest BCUT2D eigenvalue weighted by Crippen LogP contribution is -2.27. The van der Waals surface area contributed by atoms with Crippen LogP contribution in [0.15, 0.2) is 16.3 Å². The Kier molecular flexibility index (Phi) is 4.19. The summed E-state index contributed by atoms with van der Waals surface area (Å²) in [6, 6.07) is 3.39. The number of hydrogen-bond acceptors (Lipinski definition) is 4. The van der Waals surface area contributed by atoms with Gasteiger partial charge >= 0.3 is 0 Å². The number of hydrogen-bond donors (Lipinski definition) is 2. The van der Waals surface area contributed by atoms with Crippen LogP contribution in [0, 0.1) is 5.92 Å². The Balaban J connectivity index is 1.88. The maximum absolute atomic E-state index is 11.9. The van der Waals surface area contributed by atoms with Crippen molar-refractivity contribution in [2.24, 2.45) is 11.7 Å². The van der Waals surface area contributed by atoms with E-state index in [2.05, 4.69) is 4.72 Å². The fourth-order valence-corrected chi connectivity index (χ4v) is 4.19. The molecule has 0 bridgehead atoms. The molecule has 4 nitrogen and oxygen atoms in total. The molecule has 1 saturated carbocycles. The van der Waals surface area contributed by atoms with E-state index in [1.54, 1.807) is 12.1 Å². The highest BCUT2D eigenvalue weighted by atomic mass is 32.2. The summed E-state index contributed by atoms with van der Waals surface area (Å²) in [6.07, 6.45) is 4.74. The van der Waals surface area contributed by atoms with Gasteiger partial charge in [0, 0.05) is 18.0 Å². The highest BCUT2D eigenvalue weighted by Crippen LogP contribution is 2.29. The lowest BCUT2D eigenvalue weighted by atomic mass is 9.83. The summed E-state index contributed by atoms with van der Waals surface area (Å²) >= 11 is 1.24. The highest BCUT2D eigenvalue weighted by Gasteiger charge is 2.20. The van der Waals surface area contributed by atoms with E-state index in [4.69, 9.17) is 5.73 Å². The van der Waals surface area contributed by atoms with Crippen molar-refractivity contribution < 1.29 is 8.42 Å². The number of nitrogens with two attached hydrogens (primary N) is 1. The molecule has 0 atom stereocenters. The van der Waals surface area contributed by atoms with E-state index in [-0.39, 0.29) is 0 Å². The van der Waals surface area contributed by atoms with Crippen molar-refractivity contribution in [2.45, 2.75) is 36.4 Å². The van der Waals surface area contributed by atoms with E-state index in [1.165, 1.54) is 30.6 Å². The third-order valence-corrected chi connectivity index (χ3v) is 6.23. The van der Waals surface area contributed by atoms with Crippen LogP contribution in [0.25, 0.3) is 0 Å². The first kappa shape index (κ1) is 13.0. The molecule has 2 rings (SSSR count). The second-order valence-electron chi connectivity index (χ2n) is 4.41. The molecule has 0 unspecified atom stereocenters. The standard InChI is InChI=1S/C11H18N2O2S2/c12-8-10-4-5-11(16-10)17(14,15)13-7-6-9-2-1-3-9/h4-5,9,13H,1-3,6-8,12H2. The van der Waals surface area contributed by atoms with Crippen molar-refractivity contribution in [3.63, 3.8) is 0 Å². The smallest absolute Gasteiger partial charge is 0.250 e. The van der Waals surface area contributed by atoms with Gasteiger partial charge in [-0.25, -0.2) is 13.1 Å². The maximum atomic E-state index is 11.9. The zero-order chi connectivity index (χ0) is 12.3. The highest BCUT2D eigenvalue weighted by molar-refractivity contribution is 7.91. The lowest BCUT2D eigenvalue weighted by molar-refractivity contribution is 0.297. The predicted molar refractivity (Wildman–Crippen MR) is 69.4 cm³/mol. The number of thiophene rings is 1. The molecule has 1 aromatic heterocycles. The van der Waals surface area contributed by atoms with Gasteiger partial charge in [-0.3, -0.25) is 0 Å². The molecule has 0 aliphatic heterocycles. The third kappa shape index (κ3) is 3.28. The molecule has 0 amide bonds. The van der Waals surface area contributed by atoms with E-state index >= 15 is 0 Å². The Morgan fingerprint density at radius 3 is 2.71 bits per heavy atom. The topological polar surface area (TPSA) is 72.2 Å². The zero-order valence-corrected chi connectivity index (χ0v) is 11.3. The van der Waals surface area contributed by atoms with Gasteiger partial charge in [-0.15, -0.1) is 11.3 Å². The van der Waals surface area contributed by atoms with E-state index in [0.29, 0.717) is 17.3 Å². The molecule has 0 radical (unpaired) electrons. The van der Waals surface area contributed by atoms with Crippen molar-refractivity contribution in [2.75, 3.05) is 6.54 Å². The molecule has 96 valence electrons. The number of nitrogens with one attached hydrogen (secondary N) is 1. The molecule has 17 heavy (non-hydrogen) atoms. The minimum absolute atomic E-state index is 0.367. The van der Waals surface area contributed by atoms with Gasteiger partial charge in [-0.05, 0) is 24.5 Å². The molecular weight excluding hydrogens is 256 g/mol. The summed E-state index contributed by atoms with van der Waals surface area (Å²) in [7, 11) is -3.32. The first-order valence-electron chi connectivity index (χ1n) is 5.90. The Morgan fingerprint density at radius 1 is 1.41 bits per heavy atom. The Bertz CT molecular complexity index is 464. The predicted octanol–water partition coefficient (Wildman–Crippen LogP) is 1.68. The fourth-order valence-electron chi connectivity index (χ4n) is 1.86. The van der Waals surface area contributed by atoms with Crippen molar-refractivity contribution in [1.29, 1.82) is 0 Å². The fraction of sp³-hybridized carbons (Fsp3) is 0.636. The Morgan fingerprint density at radius 2 is 2.18 bits per heavy atom. The van der Waals surface area contributed by atoms with E-state index in [0.717, 1.165) is 17.2 Å². The van der Waals surface area contributed by atoms with Crippen LogP contribution in [0.4, 0.5) is 0 Å². The van der Waals surface area contributed by atoms with Crippen molar-refractivity contribution in [1.82, 2.24) is 4.72 Å². The van der Waals surface area contributed by atoms with Gasteiger partial charge in [0.1, 0.15) is 4.21 Å². The molecule has 1 fully saturated rings. The summed E-state index contributed by atoms with van der Waals surface area (Å²) in [4.78, 5) is 0.893. The third-order valence-electron chi connectivity index (χ3n) is 3.17. The van der Waals surface area contributed by atoms with Crippen molar-refractivity contribution in [3.05, 3.63) is 17.0 Å². The average molecular weight is 274 g/mol. The lowest BCUT2D eigenvalue weighted by Gasteiger charge is -2.24. The van der Waals surface area contributed by atoms with E-state index < -0.39 is 10.0 Å². The van der Waals surface area contributed by atoms with Crippen LogP contribution in [0.1, 0.15) is 30.6 Å². The molecule has 0 spiro atoms. The van der Waals surface area contributed by atoms with Crippen LogP contribution in [-0.2, 0) is 16.6 Å². The molecule has 1 aliphatic rings. The summed E-state index contributed by atoms with van der Waals surface area (Å²) in [6.45, 7) is 0.936. The van der Waals surface area contributed by atoms with Gasteiger partial charge in [0.2, 0.25) is 10.0 Å². The quantitative estimate of drug-likeness (QED) is 0.829. The molecule has 6 heteroatoms. The molecule has 0 aromatic carbocycles. The van der Waals surface area contributed by atoms with Crippen molar-refractivity contribution >= 4 is 21.4 Å². The van der Waals surface area contributed by atoms with Crippen LogP contribution in [0.5, 0.6) is 0 Å². The number of rotatable bonds is 6. The van der Waals surface area contributed by atoms with Crippen LogP contribution >= 0.6 is 11.3 Å². The summed E-state index contributed by atoms with van der Waals surface area (Å²) in [5, 5.41) is 0. The summed E-state index contributed by atoms with van der Waals surface area (Å²) in [5.74, 6) is 0.723. The monoisotopic (exact) mass is 274 g/mol. The molecule has 1 aliphatic carbocycles. The number of sulfonamides is 1. The van der Waals surface area contributed by atoms with Crippen LogP contribution in [0.3, 0.4) is 0 Å². The molecular formula is C11H18N2O2S2. The van der Waals surface area contributed by atoms with E-state index in [1.807, 2.05) is 0 Å². The van der Waals surface area contributed by atoms with Gasteiger partial charge in [0.15, 0.2) is 0 Å². The summed E-state index contributed by atoms with van der Waals surface area (Å²) < 4.78 is 26.8. The van der Waals surface area contributed by atoms with Crippen LogP contribution < -0.4 is 10.5 Å². The van der Waals surface area contributed by atoms with E-state index in [9.17, 15) is 8.42 Å². The Labute approximate surface area is 106 Å². The molecule has 1 heterocycles. The molecule has 3 N–H and O–H groups in total. The largest absolute Gasteiger partial charge is 0.326 e. The van der Waals surface area contributed by atoms with Crippen LogP contribution in [0.2, 0.25) is 0 Å². The maximum Gasteiger partial charge on any atom is 0.250 e. The van der Waals surface area contributed by atoms with Gasteiger partial charge < -0.3 is 5.73 Å². The first-order chi connectivity index (χ1) is 8.12. The van der Waals surface area contributed by atoms with Crippen molar-refractivity contribution in [3.8, 4) is 0 Å². The summed E-state index contributed by atoms with van der Waals surface area (Å²) in [5.41, 5.74) is 5.47. The van der Waals surface area contributed by atoms with Gasteiger partial charge in [-0.1, -0.05) is 19.3 Å². The van der Waals surface area contributed by atoms with Gasteiger partial charge in [0.05, 0.1) is 0 Å². The first-order valence-corrected chi connectivity index (χ1v) is 8.20.